The number of rotatable bonds is 9. The molecule has 0 fully saturated rings. The average Bonchev–Trinajstić information content (AvgIpc) is 2.72. The van der Waals surface area contributed by atoms with E-state index in [0.717, 1.165) is 36.7 Å². The second-order valence-corrected chi connectivity index (χ2v) is 6.60. The van der Waals surface area contributed by atoms with E-state index in [1.807, 2.05) is 0 Å². The molecule has 3 rings (SSSR count). The quantitative estimate of drug-likeness (QED) is 0.403. The van der Waals surface area contributed by atoms with Crippen LogP contribution in [0.15, 0.2) is 72.8 Å². The van der Waals surface area contributed by atoms with E-state index in [1.165, 1.54) is 22.6 Å². The highest BCUT2D eigenvalue weighted by Gasteiger charge is 2.25. The van der Waals surface area contributed by atoms with E-state index in [2.05, 4.69) is 110 Å². The molecule has 3 aromatic rings. The molecule has 0 aromatic heterocycles. The minimum atomic E-state index is 0.883. The molecule has 0 aliphatic carbocycles. The predicted molar refractivity (Wildman–Crippen MR) is 122 cm³/mol. The van der Waals surface area contributed by atoms with E-state index in [9.17, 15) is 0 Å². The van der Waals surface area contributed by atoms with Crippen LogP contribution in [0.3, 0.4) is 0 Å². The van der Waals surface area contributed by atoms with Gasteiger partial charge in [-0.05, 0) is 55.7 Å². The molecule has 3 heteroatoms. The molecule has 3 nitrogen and oxygen atoms in total. The summed E-state index contributed by atoms with van der Waals surface area (Å²) in [6, 6.07) is 25.7. The van der Waals surface area contributed by atoms with E-state index in [4.69, 9.17) is 0 Å². The first kappa shape index (κ1) is 19.8. The Balaban J connectivity index is 2.25. The van der Waals surface area contributed by atoms with Gasteiger partial charge in [-0.15, -0.1) is 0 Å². The Morgan fingerprint density at radius 2 is 0.786 bits per heavy atom. The standard InChI is InChI=1S/C25H30N3/c1-4-26-22-16-10-7-13-19(22)25(20-14-8-11-17-23(20)27-5-2)21-15-9-12-18-24(21)28-6-3/h7-18,26-28H,4-6H2,1-3H3. The van der Waals surface area contributed by atoms with Crippen molar-refractivity contribution in [1.82, 2.24) is 0 Å². The number of hydrogen-bond donors (Lipinski definition) is 3. The summed E-state index contributed by atoms with van der Waals surface area (Å²) in [7, 11) is 0. The number of nitrogens with one attached hydrogen (secondary N) is 3. The lowest BCUT2D eigenvalue weighted by atomic mass is 9.82. The molecule has 1 radical (unpaired) electrons. The van der Waals surface area contributed by atoms with Crippen molar-refractivity contribution in [3.05, 3.63) is 95.4 Å². The zero-order valence-electron chi connectivity index (χ0n) is 17.0. The van der Waals surface area contributed by atoms with E-state index < -0.39 is 0 Å². The Bertz CT molecular complexity index is 771. The highest BCUT2D eigenvalue weighted by atomic mass is 14.9. The summed E-state index contributed by atoms with van der Waals surface area (Å²) in [5, 5.41) is 10.6. The van der Waals surface area contributed by atoms with Crippen molar-refractivity contribution in [3.63, 3.8) is 0 Å². The van der Waals surface area contributed by atoms with E-state index in [1.54, 1.807) is 0 Å². The molecule has 145 valence electrons. The maximum absolute atomic E-state index is 3.54. The topological polar surface area (TPSA) is 36.1 Å². The third-order valence-electron chi connectivity index (χ3n) is 4.69. The molecular formula is C25H30N3. The van der Waals surface area contributed by atoms with Gasteiger partial charge in [-0.25, -0.2) is 0 Å². The van der Waals surface area contributed by atoms with Crippen molar-refractivity contribution in [3.8, 4) is 0 Å². The number of para-hydroxylation sites is 3. The van der Waals surface area contributed by atoms with Gasteiger partial charge in [0.25, 0.3) is 0 Å². The Kier molecular flexibility index (Phi) is 6.96. The maximum atomic E-state index is 3.54. The summed E-state index contributed by atoms with van der Waals surface area (Å²) in [5.41, 5.74) is 7.08. The molecule has 0 amide bonds. The molecule has 3 N–H and O–H groups in total. The van der Waals surface area contributed by atoms with Gasteiger partial charge in [-0.3, -0.25) is 0 Å². The lowest BCUT2D eigenvalue weighted by molar-refractivity contribution is 1.14. The van der Waals surface area contributed by atoms with Crippen molar-refractivity contribution in [2.24, 2.45) is 0 Å². The molecule has 0 saturated carbocycles. The smallest absolute Gasteiger partial charge is 0.0692 e. The first-order valence-electron chi connectivity index (χ1n) is 10.2. The highest BCUT2D eigenvalue weighted by Crippen LogP contribution is 2.41. The molecule has 0 aliphatic heterocycles. The first-order chi connectivity index (χ1) is 13.8. The van der Waals surface area contributed by atoms with Crippen molar-refractivity contribution >= 4 is 17.1 Å². The number of benzene rings is 3. The third-order valence-corrected chi connectivity index (χ3v) is 4.69. The summed E-state index contributed by atoms with van der Waals surface area (Å²) in [6.07, 6.45) is 0. The number of hydrogen-bond acceptors (Lipinski definition) is 3. The monoisotopic (exact) mass is 372 g/mol. The van der Waals surface area contributed by atoms with E-state index in [0.29, 0.717) is 0 Å². The fraction of sp³-hybridized carbons (Fsp3) is 0.240. The van der Waals surface area contributed by atoms with Gasteiger partial charge in [0, 0.05) is 36.7 Å². The SMILES string of the molecule is CCNc1ccccc1[C](c1ccccc1NCC)c1ccccc1NCC. The van der Waals surface area contributed by atoms with Crippen LogP contribution in [0, 0.1) is 5.92 Å². The molecule has 0 atom stereocenters. The van der Waals surface area contributed by atoms with Gasteiger partial charge >= 0.3 is 0 Å². The Morgan fingerprint density at radius 3 is 1.07 bits per heavy atom. The summed E-state index contributed by atoms with van der Waals surface area (Å²) in [6.45, 7) is 9.05. The molecule has 0 saturated heterocycles. The lowest BCUT2D eigenvalue weighted by Crippen LogP contribution is -2.14. The van der Waals surface area contributed by atoms with Crippen molar-refractivity contribution < 1.29 is 0 Å². The second-order valence-electron chi connectivity index (χ2n) is 6.60. The Hall–Kier alpha value is -2.94. The van der Waals surface area contributed by atoms with Crippen LogP contribution in [0.5, 0.6) is 0 Å². The predicted octanol–water partition coefficient (Wildman–Crippen LogP) is 6.00. The molecular weight excluding hydrogens is 342 g/mol. The summed E-state index contributed by atoms with van der Waals surface area (Å²) < 4.78 is 0. The summed E-state index contributed by atoms with van der Waals surface area (Å²) >= 11 is 0. The fourth-order valence-electron chi connectivity index (χ4n) is 3.57. The van der Waals surface area contributed by atoms with Crippen molar-refractivity contribution in [2.45, 2.75) is 20.8 Å². The van der Waals surface area contributed by atoms with Gasteiger partial charge in [0.2, 0.25) is 0 Å². The van der Waals surface area contributed by atoms with Gasteiger partial charge in [-0.2, -0.15) is 0 Å². The minimum absolute atomic E-state index is 0.883. The van der Waals surface area contributed by atoms with Gasteiger partial charge in [0.05, 0.1) is 5.92 Å². The van der Waals surface area contributed by atoms with Gasteiger partial charge < -0.3 is 16.0 Å². The average molecular weight is 373 g/mol. The normalized spacial score (nSPS) is 10.7. The molecule has 28 heavy (non-hydrogen) atoms. The molecule has 0 aliphatic rings. The molecule has 0 heterocycles. The third kappa shape index (κ3) is 4.30. The van der Waals surface area contributed by atoms with E-state index in [-0.39, 0.29) is 0 Å². The lowest BCUT2D eigenvalue weighted by Gasteiger charge is -2.26. The van der Waals surface area contributed by atoms with Crippen LogP contribution in [0.25, 0.3) is 0 Å². The van der Waals surface area contributed by atoms with Gasteiger partial charge in [-0.1, -0.05) is 54.6 Å². The summed E-state index contributed by atoms with van der Waals surface area (Å²) in [4.78, 5) is 0. The van der Waals surface area contributed by atoms with Crippen molar-refractivity contribution in [2.75, 3.05) is 35.6 Å². The fourth-order valence-corrected chi connectivity index (χ4v) is 3.57. The number of anilines is 3. The van der Waals surface area contributed by atoms with Crippen LogP contribution < -0.4 is 16.0 Å². The van der Waals surface area contributed by atoms with Gasteiger partial charge in [0.1, 0.15) is 0 Å². The second kappa shape index (κ2) is 9.84. The largest absolute Gasteiger partial charge is 0.385 e. The molecule has 0 bridgehead atoms. The molecule has 0 spiro atoms. The Morgan fingerprint density at radius 1 is 0.500 bits per heavy atom. The molecule has 0 unspecified atom stereocenters. The van der Waals surface area contributed by atoms with E-state index >= 15 is 0 Å². The zero-order chi connectivity index (χ0) is 19.8. The summed E-state index contributed by atoms with van der Waals surface area (Å²) in [5.74, 6) is 1.23. The minimum Gasteiger partial charge on any atom is -0.385 e. The highest BCUT2D eigenvalue weighted by molar-refractivity contribution is 5.77. The van der Waals surface area contributed by atoms with Crippen LogP contribution in [0.2, 0.25) is 0 Å². The Labute approximate surface area is 169 Å². The molecule has 3 aromatic carbocycles. The van der Waals surface area contributed by atoms with Crippen LogP contribution in [0.4, 0.5) is 17.1 Å². The van der Waals surface area contributed by atoms with Crippen LogP contribution in [0.1, 0.15) is 37.5 Å². The van der Waals surface area contributed by atoms with Gasteiger partial charge in [0.15, 0.2) is 0 Å². The van der Waals surface area contributed by atoms with Crippen LogP contribution in [-0.4, -0.2) is 19.6 Å². The van der Waals surface area contributed by atoms with Crippen molar-refractivity contribution in [1.29, 1.82) is 0 Å². The van der Waals surface area contributed by atoms with Crippen LogP contribution >= 0.6 is 0 Å². The maximum Gasteiger partial charge on any atom is 0.0692 e. The van der Waals surface area contributed by atoms with Crippen LogP contribution in [-0.2, 0) is 0 Å². The first-order valence-corrected chi connectivity index (χ1v) is 10.2. The zero-order valence-corrected chi connectivity index (χ0v) is 17.0.